The van der Waals surface area contributed by atoms with E-state index in [1.165, 1.54) is 5.19 Å². The maximum atomic E-state index is 6.20. The molecule has 1 aromatic rings. The van der Waals surface area contributed by atoms with Crippen LogP contribution in [0.4, 0.5) is 0 Å². The van der Waals surface area contributed by atoms with Gasteiger partial charge in [0.15, 0.2) is 0 Å². The van der Waals surface area contributed by atoms with Gasteiger partial charge in [-0.2, -0.15) is 0 Å². The van der Waals surface area contributed by atoms with E-state index in [-0.39, 0.29) is 5.04 Å². The van der Waals surface area contributed by atoms with Crippen molar-refractivity contribution in [2.24, 2.45) is 0 Å². The lowest BCUT2D eigenvalue weighted by Crippen LogP contribution is -2.59. The molecule has 3 heteroatoms. The van der Waals surface area contributed by atoms with Gasteiger partial charge in [-0.05, 0) is 12.1 Å². The van der Waals surface area contributed by atoms with Gasteiger partial charge in [0.25, 0.3) is 0 Å². The Labute approximate surface area is 112 Å². The van der Waals surface area contributed by atoms with Crippen molar-refractivity contribution in [3.8, 4) is 0 Å². The third kappa shape index (κ3) is 3.10. The molecule has 0 heterocycles. The molecule has 0 aliphatic rings. The van der Waals surface area contributed by atoms with Crippen LogP contribution in [0.3, 0.4) is 0 Å². The molecule has 0 amide bonds. The van der Waals surface area contributed by atoms with Gasteiger partial charge in [-0.1, -0.05) is 63.3 Å². The number of hydrogen-bond donors (Lipinski definition) is 0. The Morgan fingerprint density at radius 3 is 2.22 bits per heavy atom. The van der Waals surface area contributed by atoms with Crippen molar-refractivity contribution < 1.29 is 8.85 Å². The van der Waals surface area contributed by atoms with Crippen molar-refractivity contribution >= 4 is 13.7 Å². The topological polar surface area (TPSA) is 18.5 Å². The first-order chi connectivity index (χ1) is 8.48. The number of benzene rings is 1. The Bertz CT molecular complexity index is 381. The van der Waals surface area contributed by atoms with Gasteiger partial charge in [0.1, 0.15) is 0 Å². The monoisotopic (exact) mass is 264 g/mol. The van der Waals surface area contributed by atoms with Crippen molar-refractivity contribution in [3.63, 3.8) is 0 Å². The smallest absolute Gasteiger partial charge is 0.378 e. The highest BCUT2D eigenvalue weighted by Crippen LogP contribution is 2.37. The predicted octanol–water partition coefficient (Wildman–Crippen LogP) is 3.38. The minimum absolute atomic E-state index is 0.0231. The number of allylic oxidation sites excluding steroid dienone is 1. The fourth-order valence-corrected chi connectivity index (χ4v) is 5.53. The molecule has 0 spiro atoms. The average molecular weight is 264 g/mol. The van der Waals surface area contributed by atoms with E-state index in [0.717, 1.165) is 0 Å². The van der Waals surface area contributed by atoms with Crippen molar-refractivity contribution in [1.82, 2.24) is 0 Å². The lowest BCUT2D eigenvalue weighted by atomic mass is 10.2. The molecule has 0 radical (unpaired) electrons. The van der Waals surface area contributed by atoms with E-state index < -0.39 is 8.56 Å². The van der Waals surface area contributed by atoms with Crippen LogP contribution in [-0.2, 0) is 8.85 Å². The Hall–Kier alpha value is -0.903. The van der Waals surface area contributed by atoms with Crippen LogP contribution in [0.5, 0.6) is 0 Å². The van der Waals surface area contributed by atoms with Crippen LogP contribution in [0.1, 0.15) is 27.7 Å². The fraction of sp³-hybridized carbons (Fsp3) is 0.467. The lowest BCUT2D eigenvalue weighted by molar-refractivity contribution is 0.209. The van der Waals surface area contributed by atoms with Crippen LogP contribution in [0.15, 0.2) is 42.5 Å². The number of hydrogen-bond acceptors (Lipinski definition) is 2. The summed E-state index contributed by atoms with van der Waals surface area (Å²) in [5, 5.41) is 1.16. The third-order valence-electron chi connectivity index (χ3n) is 3.05. The zero-order valence-electron chi connectivity index (χ0n) is 12.1. The Morgan fingerprint density at radius 1 is 1.17 bits per heavy atom. The third-order valence-corrected chi connectivity index (χ3v) is 7.26. The minimum Gasteiger partial charge on any atom is -0.394 e. The van der Waals surface area contributed by atoms with Gasteiger partial charge in [-0.25, -0.2) is 0 Å². The molecule has 0 N–H and O–H groups in total. The molecule has 0 saturated carbocycles. The molecule has 2 nitrogen and oxygen atoms in total. The summed E-state index contributed by atoms with van der Waals surface area (Å²) in [6, 6.07) is 10.3. The first kappa shape index (κ1) is 15.2. The van der Waals surface area contributed by atoms with Crippen LogP contribution in [0.25, 0.3) is 0 Å². The van der Waals surface area contributed by atoms with Gasteiger partial charge >= 0.3 is 8.56 Å². The van der Waals surface area contributed by atoms with Crippen LogP contribution in [-0.4, -0.2) is 22.3 Å². The second kappa shape index (κ2) is 6.32. The van der Waals surface area contributed by atoms with Gasteiger partial charge in [0.05, 0.1) is 6.61 Å². The summed E-state index contributed by atoms with van der Waals surface area (Å²) in [6.07, 6.45) is 4.03. The van der Waals surface area contributed by atoms with Gasteiger partial charge in [0, 0.05) is 12.1 Å². The predicted molar refractivity (Wildman–Crippen MR) is 79.3 cm³/mol. The number of rotatable bonds is 5. The second-order valence-corrected chi connectivity index (χ2v) is 9.32. The summed E-state index contributed by atoms with van der Waals surface area (Å²) in [7, 11) is -0.672. The first-order valence-corrected chi connectivity index (χ1v) is 8.15. The highest BCUT2D eigenvalue weighted by molar-refractivity contribution is 6.83. The molecule has 0 aliphatic carbocycles. The molecule has 0 saturated heterocycles. The standard InChI is InChI=1S/C15H24O2Si/c1-6-7-13-17-18(16-5,15(2,3)4)14-11-9-8-10-12-14/h6-12H,13H2,1-5H3/b7-6+. The Balaban J connectivity index is 3.15. The molecule has 0 fully saturated rings. The summed E-state index contributed by atoms with van der Waals surface area (Å²) >= 11 is 0. The van der Waals surface area contributed by atoms with E-state index in [0.29, 0.717) is 6.61 Å². The minimum atomic E-state index is -2.44. The largest absolute Gasteiger partial charge is 0.394 e. The van der Waals surface area contributed by atoms with E-state index in [2.05, 4.69) is 32.9 Å². The molecular weight excluding hydrogens is 240 g/mol. The Kier molecular flexibility index (Phi) is 5.32. The molecule has 1 aromatic carbocycles. The zero-order valence-corrected chi connectivity index (χ0v) is 13.1. The van der Waals surface area contributed by atoms with E-state index in [1.54, 1.807) is 7.11 Å². The van der Waals surface area contributed by atoms with Crippen LogP contribution < -0.4 is 5.19 Å². The molecule has 1 atom stereocenters. The van der Waals surface area contributed by atoms with E-state index >= 15 is 0 Å². The van der Waals surface area contributed by atoms with Gasteiger partial charge in [-0.3, -0.25) is 0 Å². The SMILES string of the molecule is C/C=C/CO[Si](OC)(c1ccccc1)C(C)(C)C. The molecule has 100 valence electrons. The molecule has 0 bridgehead atoms. The summed E-state index contributed by atoms with van der Waals surface area (Å²) < 4.78 is 12.1. The normalized spacial score (nSPS) is 15.8. The molecular formula is C15H24O2Si. The lowest BCUT2D eigenvalue weighted by Gasteiger charge is -2.39. The van der Waals surface area contributed by atoms with Crippen molar-refractivity contribution in [2.45, 2.75) is 32.7 Å². The van der Waals surface area contributed by atoms with Gasteiger partial charge in [-0.15, -0.1) is 0 Å². The molecule has 1 rings (SSSR count). The zero-order chi connectivity index (χ0) is 13.6. The summed E-state index contributed by atoms with van der Waals surface area (Å²) in [5.74, 6) is 0. The van der Waals surface area contributed by atoms with Crippen molar-refractivity contribution in [2.75, 3.05) is 13.7 Å². The van der Waals surface area contributed by atoms with Crippen molar-refractivity contribution in [1.29, 1.82) is 0 Å². The highest BCUT2D eigenvalue weighted by atomic mass is 28.4. The average Bonchev–Trinajstić information content (AvgIpc) is 2.34. The van der Waals surface area contributed by atoms with Gasteiger partial charge in [0.2, 0.25) is 0 Å². The maximum absolute atomic E-state index is 6.20. The molecule has 18 heavy (non-hydrogen) atoms. The molecule has 0 aliphatic heterocycles. The summed E-state index contributed by atoms with van der Waals surface area (Å²) in [6.45, 7) is 9.16. The fourth-order valence-electron chi connectivity index (χ4n) is 2.14. The first-order valence-electron chi connectivity index (χ1n) is 6.33. The van der Waals surface area contributed by atoms with E-state index in [9.17, 15) is 0 Å². The Morgan fingerprint density at radius 2 is 1.78 bits per heavy atom. The second-order valence-electron chi connectivity index (χ2n) is 5.32. The summed E-state index contributed by atoms with van der Waals surface area (Å²) in [5.41, 5.74) is 0. The quantitative estimate of drug-likeness (QED) is 0.599. The van der Waals surface area contributed by atoms with E-state index in [4.69, 9.17) is 8.85 Å². The highest BCUT2D eigenvalue weighted by Gasteiger charge is 2.50. The van der Waals surface area contributed by atoms with Crippen LogP contribution >= 0.6 is 0 Å². The van der Waals surface area contributed by atoms with Crippen molar-refractivity contribution in [3.05, 3.63) is 42.5 Å². The maximum Gasteiger partial charge on any atom is 0.378 e. The van der Waals surface area contributed by atoms with E-state index in [1.807, 2.05) is 37.3 Å². The molecule has 0 aromatic heterocycles. The summed E-state index contributed by atoms with van der Waals surface area (Å²) in [4.78, 5) is 0. The van der Waals surface area contributed by atoms with Crippen LogP contribution in [0.2, 0.25) is 5.04 Å². The molecule has 1 unspecified atom stereocenters. The van der Waals surface area contributed by atoms with Crippen LogP contribution in [0, 0.1) is 0 Å². The van der Waals surface area contributed by atoms with Gasteiger partial charge < -0.3 is 8.85 Å².